The highest BCUT2D eigenvalue weighted by molar-refractivity contribution is 6.30. The second-order valence-electron chi connectivity index (χ2n) is 4.96. The number of hydrogen-bond acceptors (Lipinski definition) is 4. The molecule has 132 valence electrons. The Morgan fingerprint density at radius 2 is 1.76 bits per heavy atom. The second kappa shape index (κ2) is 7.70. The maximum atomic E-state index is 12.9. The van der Waals surface area contributed by atoms with Crippen molar-refractivity contribution in [3.8, 4) is 5.75 Å². The van der Waals surface area contributed by atoms with Crippen molar-refractivity contribution in [1.29, 1.82) is 0 Å². The number of ether oxygens (including phenoxy) is 2. The van der Waals surface area contributed by atoms with Gasteiger partial charge in [-0.1, -0.05) is 11.6 Å². The van der Waals surface area contributed by atoms with Gasteiger partial charge in [0.15, 0.2) is 11.4 Å². The van der Waals surface area contributed by atoms with Crippen molar-refractivity contribution in [3.63, 3.8) is 0 Å². The first-order chi connectivity index (χ1) is 17.0. The van der Waals surface area contributed by atoms with Gasteiger partial charge in [-0.2, -0.15) is 0 Å². The Bertz CT molecular complexity index is 1190. The molecule has 0 aromatic heterocycles. The van der Waals surface area contributed by atoms with Gasteiger partial charge in [-0.05, 0) is 75.9 Å². The standard InChI is InChI=1S/C20H21ClO4/c1-13(2)24-19(23)20(3,4)25-17-11-7-15(8-12-17)18(22)14-5-9-16(21)10-6-14/h5-13H,1-4H3/i1D3,2D3,3D3,7D,8D,11D,12D. The summed E-state index contributed by atoms with van der Waals surface area (Å²) < 4.78 is 110. The lowest BCUT2D eigenvalue weighted by atomic mass is 10.0. The fourth-order valence-corrected chi connectivity index (χ4v) is 1.80. The Hall–Kier alpha value is -2.33. The first kappa shape index (κ1) is 7.92. The van der Waals surface area contributed by atoms with Crippen LogP contribution in [0.1, 0.15) is 61.2 Å². The highest BCUT2D eigenvalue weighted by atomic mass is 35.5. The van der Waals surface area contributed by atoms with Gasteiger partial charge in [-0.3, -0.25) is 4.79 Å². The van der Waals surface area contributed by atoms with Gasteiger partial charge in [0.05, 0.1) is 11.6 Å². The third kappa shape index (κ3) is 5.07. The van der Waals surface area contributed by atoms with E-state index in [1.54, 1.807) is 0 Å². The minimum Gasteiger partial charge on any atom is -0.476 e. The molecule has 0 N–H and O–H groups in total. The third-order valence-electron chi connectivity index (χ3n) is 2.86. The fourth-order valence-electron chi connectivity index (χ4n) is 1.68. The lowest BCUT2D eigenvalue weighted by Gasteiger charge is -2.25. The van der Waals surface area contributed by atoms with E-state index in [2.05, 4.69) is 4.74 Å². The maximum Gasteiger partial charge on any atom is 0.350 e. The van der Waals surface area contributed by atoms with Crippen LogP contribution in [0.15, 0.2) is 48.4 Å². The smallest absolute Gasteiger partial charge is 0.350 e. The average molecular weight is 374 g/mol. The maximum absolute atomic E-state index is 12.9. The molecule has 2 aromatic carbocycles. The van der Waals surface area contributed by atoms with E-state index in [9.17, 15) is 9.59 Å². The van der Waals surface area contributed by atoms with Gasteiger partial charge in [-0.25, -0.2) is 4.79 Å². The summed E-state index contributed by atoms with van der Waals surface area (Å²) in [7, 11) is 0. The van der Waals surface area contributed by atoms with Gasteiger partial charge >= 0.3 is 5.97 Å². The highest BCUT2D eigenvalue weighted by Crippen LogP contribution is 2.22. The summed E-state index contributed by atoms with van der Waals surface area (Å²) >= 11 is 5.79. The molecule has 0 amide bonds. The molecule has 5 heteroatoms. The highest BCUT2D eigenvalue weighted by Gasteiger charge is 2.32. The van der Waals surface area contributed by atoms with Crippen molar-refractivity contribution >= 4 is 23.4 Å². The molecule has 0 aliphatic rings. The first-order valence-electron chi connectivity index (χ1n) is 13.3. The number of esters is 1. The number of carbonyl (C=O) groups is 2. The molecule has 2 rings (SSSR count). The average Bonchev–Trinajstić information content (AvgIpc) is 2.76. The molecule has 0 aliphatic heterocycles. The number of halogens is 1. The van der Waals surface area contributed by atoms with E-state index < -0.39 is 79.5 Å². The van der Waals surface area contributed by atoms with E-state index >= 15 is 0 Å². The quantitative estimate of drug-likeness (QED) is 0.545. The van der Waals surface area contributed by atoms with Crippen molar-refractivity contribution in [3.05, 3.63) is 64.6 Å². The SMILES string of the molecule is [2H]c1c([2H])c(C(=O)c2ccc(Cl)cc2)c([2H])c([2H])c1OC(C)(C(=O)OC(C([2H])([2H])[2H])C([2H])([2H])[2H])C([2H])([2H])[2H]. The molecule has 0 aliphatic carbocycles. The van der Waals surface area contributed by atoms with Crippen LogP contribution in [0.3, 0.4) is 0 Å². The van der Waals surface area contributed by atoms with E-state index in [4.69, 9.17) is 34.2 Å². The molecule has 0 heterocycles. The lowest BCUT2D eigenvalue weighted by molar-refractivity contribution is -0.163. The molecule has 1 unspecified atom stereocenters. The van der Waals surface area contributed by atoms with E-state index in [0.717, 1.165) is 0 Å². The van der Waals surface area contributed by atoms with Crippen LogP contribution in [-0.4, -0.2) is 23.5 Å². The molecule has 0 spiro atoms. The minimum absolute atomic E-state index is 0.0276. The Balaban J connectivity index is 2.63. The Labute approximate surface area is 171 Å². The monoisotopic (exact) mass is 373 g/mol. The summed E-state index contributed by atoms with van der Waals surface area (Å²) in [5.74, 6) is -3.95. The van der Waals surface area contributed by atoms with E-state index in [1.807, 2.05) is 0 Å². The Morgan fingerprint density at radius 1 is 1.12 bits per heavy atom. The lowest BCUT2D eigenvalue weighted by Crippen LogP contribution is -2.40. The van der Waals surface area contributed by atoms with Crippen LogP contribution in [0.25, 0.3) is 0 Å². The van der Waals surface area contributed by atoms with Gasteiger partial charge in [0.25, 0.3) is 0 Å². The first-order valence-corrected chi connectivity index (χ1v) is 7.22. The van der Waals surface area contributed by atoms with Crippen molar-refractivity contribution in [2.45, 2.75) is 39.2 Å². The van der Waals surface area contributed by atoms with E-state index in [0.29, 0.717) is 11.9 Å². The van der Waals surface area contributed by atoms with Crippen LogP contribution in [-0.2, 0) is 9.53 Å². The Kier molecular flexibility index (Phi) is 2.44. The van der Waals surface area contributed by atoms with Crippen molar-refractivity contribution in [2.24, 2.45) is 0 Å². The molecule has 25 heavy (non-hydrogen) atoms. The van der Waals surface area contributed by atoms with Crippen LogP contribution < -0.4 is 4.74 Å². The molecule has 0 fully saturated rings. The number of rotatable bonds is 6. The Morgan fingerprint density at radius 3 is 2.32 bits per heavy atom. The predicted octanol–water partition coefficient (Wildman–Crippen LogP) is 4.68. The summed E-state index contributed by atoms with van der Waals surface area (Å²) in [6.45, 7) is -9.66. The van der Waals surface area contributed by atoms with Gasteiger partial charge in [0.2, 0.25) is 0 Å². The number of benzene rings is 2. The molecule has 0 bridgehead atoms. The number of hydrogen-bond donors (Lipinski definition) is 0. The van der Waals surface area contributed by atoms with E-state index in [1.165, 1.54) is 24.3 Å². The zero-order valence-electron chi connectivity index (χ0n) is 25.9. The molecular weight excluding hydrogens is 340 g/mol. The van der Waals surface area contributed by atoms with Crippen LogP contribution in [0.5, 0.6) is 5.75 Å². The molecule has 0 saturated heterocycles. The largest absolute Gasteiger partial charge is 0.476 e. The topological polar surface area (TPSA) is 52.6 Å². The molecule has 1 atom stereocenters. The van der Waals surface area contributed by atoms with Gasteiger partial charge < -0.3 is 9.47 Å². The second-order valence-corrected chi connectivity index (χ2v) is 5.40. The zero-order chi connectivity index (χ0) is 29.6. The minimum atomic E-state index is -3.49. The van der Waals surface area contributed by atoms with E-state index in [-0.39, 0.29) is 5.56 Å². The molecule has 0 saturated carbocycles. The zero-order valence-corrected chi connectivity index (χ0v) is 13.7. The molecule has 4 nitrogen and oxygen atoms in total. The molecule has 0 radical (unpaired) electrons. The summed E-state index contributed by atoms with van der Waals surface area (Å²) in [5, 5.41) is 0.292. The normalized spacial score (nSPS) is 22.3. The number of carbonyl (C=O) groups excluding carboxylic acids is 2. The third-order valence-corrected chi connectivity index (χ3v) is 3.11. The fraction of sp³-hybridized carbons (Fsp3) is 0.300. The van der Waals surface area contributed by atoms with Crippen LogP contribution >= 0.6 is 11.6 Å². The van der Waals surface area contributed by atoms with Crippen LogP contribution in [0.4, 0.5) is 0 Å². The summed E-state index contributed by atoms with van der Waals surface area (Å²) in [5.41, 5.74) is -3.90. The van der Waals surface area contributed by atoms with Crippen LogP contribution in [0.2, 0.25) is 5.02 Å². The van der Waals surface area contributed by atoms with Crippen molar-refractivity contribution in [2.75, 3.05) is 0 Å². The summed E-state index contributed by atoms with van der Waals surface area (Å²) in [6.07, 6.45) is -2.74. The number of ketones is 1. The molecular formula is C20H21ClO4. The van der Waals surface area contributed by atoms with Gasteiger partial charge in [0, 0.05) is 28.5 Å². The summed E-state index contributed by atoms with van der Waals surface area (Å²) in [4.78, 5) is 25.8. The van der Waals surface area contributed by atoms with Gasteiger partial charge in [0.1, 0.15) is 5.75 Å². The van der Waals surface area contributed by atoms with Crippen LogP contribution in [0, 0.1) is 0 Å². The van der Waals surface area contributed by atoms with Gasteiger partial charge in [-0.15, -0.1) is 0 Å². The van der Waals surface area contributed by atoms with Crippen molar-refractivity contribution < 1.29 is 36.9 Å². The van der Waals surface area contributed by atoms with Crippen molar-refractivity contribution in [1.82, 2.24) is 0 Å². The summed E-state index contributed by atoms with van der Waals surface area (Å²) in [6, 6.07) is 1.38. The predicted molar refractivity (Wildman–Crippen MR) is 97.3 cm³/mol. The molecule has 2 aromatic rings.